The zero-order valence-corrected chi connectivity index (χ0v) is 9.04. The third kappa shape index (κ3) is 3.33. The molecule has 0 unspecified atom stereocenters. The van der Waals surface area contributed by atoms with Gasteiger partial charge >= 0.3 is 5.97 Å². The van der Waals surface area contributed by atoms with Crippen LogP contribution in [0.2, 0.25) is 0 Å². The van der Waals surface area contributed by atoms with E-state index >= 15 is 0 Å². The Kier molecular flexibility index (Phi) is 4.30. The number of hydrogen-bond acceptors (Lipinski definition) is 4. The SMILES string of the molecule is CCOC(=O)Cc1cc(N)c(C(F)F)nc1F. The molecule has 94 valence electrons. The van der Waals surface area contributed by atoms with Crippen molar-refractivity contribution < 1.29 is 22.7 Å². The molecule has 1 heterocycles. The van der Waals surface area contributed by atoms with Gasteiger partial charge in [0.2, 0.25) is 5.95 Å². The summed E-state index contributed by atoms with van der Waals surface area (Å²) in [7, 11) is 0. The molecule has 1 aromatic rings. The monoisotopic (exact) mass is 248 g/mol. The van der Waals surface area contributed by atoms with E-state index in [-0.39, 0.29) is 24.3 Å². The van der Waals surface area contributed by atoms with Crippen molar-refractivity contribution in [1.29, 1.82) is 0 Å². The molecule has 1 aromatic heterocycles. The molecule has 0 amide bonds. The van der Waals surface area contributed by atoms with Crippen molar-refractivity contribution in [2.24, 2.45) is 0 Å². The van der Waals surface area contributed by atoms with Gasteiger partial charge in [-0.05, 0) is 13.0 Å². The number of nitrogens with zero attached hydrogens (tertiary/aromatic N) is 1. The zero-order valence-electron chi connectivity index (χ0n) is 9.04. The van der Waals surface area contributed by atoms with Crippen LogP contribution in [0, 0.1) is 5.95 Å². The summed E-state index contributed by atoms with van der Waals surface area (Å²) in [6.07, 6.45) is -3.35. The lowest BCUT2D eigenvalue weighted by Gasteiger charge is -2.07. The van der Waals surface area contributed by atoms with E-state index < -0.39 is 24.0 Å². The third-order valence-corrected chi connectivity index (χ3v) is 1.96. The molecule has 0 saturated carbocycles. The summed E-state index contributed by atoms with van der Waals surface area (Å²) in [6.45, 7) is 1.75. The number of halogens is 3. The van der Waals surface area contributed by atoms with Gasteiger partial charge in [-0.1, -0.05) is 0 Å². The average molecular weight is 248 g/mol. The lowest BCUT2D eigenvalue weighted by molar-refractivity contribution is -0.142. The Morgan fingerprint density at radius 3 is 2.76 bits per heavy atom. The van der Waals surface area contributed by atoms with Crippen molar-refractivity contribution >= 4 is 11.7 Å². The minimum atomic E-state index is -2.96. The maximum absolute atomic E-state index is 13.3. The number of rotatable bonds is 4. The number of aromatic nitrogens is 1. The van der Waals surface area contributed by atoms with Gasteiger partial charge < -0.3 is 10.5 Å². The van der Waals surface area contributed by atoms with Gasteiger partial charge in [0.05, 0.1) is 18.7 Å². The molecule has 2 N–H and O–H groups in total. The van der Waals surface area contributed by atoms with E-state index in [1.165, 1.54) is 0 Å². The predicted molar refractivity (Wildman–Crippen MR) is 53.9 cm³/mol. The molecule has 0 aromatic carbocycles. The first-order valence-electron chi connectivity index (χ1n) is 4.84. The average Bonchev–Trinajstić information content (AvgIpc) is 2.22. The number of ether oxygens (including phenoxy) is 1. The highest BCUT2D eigenvalue weighted by Crippen LogP contribution is 2.24. The van der Waals surface area contributed by atoms with Crippen molar-refractivity contribution in [3.05, 3.63) is 23.3 Å². The van der Waals surface area contributed by atoms with Crippen LogP contribution in [-0.2, 0) is 16.0 Å². The molecule has 0 radical (unpaired) electrons. The van der Waals surface area contributed by atoms with Gasteiger partial charge in [0.1, 0.15) is 5.69 Å². The van der Waals surface area contributed by atoms with Crippen molar-refractivity contribution in [2.75, 3.05) is 12.3 Å². The molecule has 0 bridgehead atoms. The Labute approximate surface area is 95.6 Å². The fraction of sp³-hybridized carbons (Fsp3) is 0.400. The lowest BCUT2D eigenvalue weighted by atomic mass is 10.1. The van der Waals surface area contributed by atoms with Gasteiger partial charge in [0, 0.05) is 5.56 Å². The second kappa shape index (κ2) is 5.51. The first-order valence-corrected chi connectivity index (χ1v) is 4.84. The number of nitrogen functional groups attached to an aromatic ring is 1. The minimum Gasteiger partial charge on any atom is -0.466 e. The summed E-state index contributed by atoms with van der Waals surface area (Å²) in [4.78, 5) is 14.1. The van der Waals surface area contributed by atoms with Crippen LogP contribution in [-0.4, -0.2) is 17.6 Å². The van der Waals surface area contributed by atoms with Gasteiger partial charge in [0.15, 0.2) is 0 Å². The van der Waals surface area contributed by atoms with Crippen molar-refractivity contribution in [2.45, 2.75) is 19.8 Å². The molecule has 0 saturated heterocycles. The van der Waals surface area contributed by atoms with Crippen LogP contribution in [0.5, 0.6) is 0 Å². The summed E-state index contributed by atoms with van der Waals surface area (Å²) in [5, 5.41) is 0. The molecule has 0 aliphatic carbocycles. The fourth-order valence-electron chi connectivity index (χ4n) is 1.23. The van der Waals surface area contributed by atoms with Crippen molar-refractivity contribution in [3.8, 4) is 0 Å². The van der Waals surface area contributed by atoms with E-state index in [0.717, 1.165) is 6.07 Å². The Morgan fingerprint density at radius 2 is 2.24 bits per heavy atom. The van der Waals surface area contributed by atoms with E-state index in [4.69, 9.17) is 5.73 Å². The maximum Gasteiger partial charge on any atom is 0.310 e. The molecule has 4 nitrogen and oxygen atoms in total. The van der Waals surface area contributed by atoms with Crippen LogP contribution in [0.3, 0.4) is 0 Å². The summed E-state index contributed by atoms with van der Waals surface area (Å²) < 4.78 is 42.5. The Bertz CT molecular complexity index is 424. The number of anilines is 1. The van der Waals surface area contributed by atoms with Crippen LogP contribution in [0.15, 0.2) is 6.07 Å². The molecule has 0 aliphatic heterocycles. The normalized spacial score (nSPS) is 10.6. The van der Waals surface area contributed by atoms with Gasteiger partial charge in [-0.3, -0.25) is 4.79 Å². The van der Waals surface area contributed by atoms with E-state index in [1.807, 2.05) is 0 Å². The van der Waals surface area contributed by atoms with Crippen LogP contribution < -0.4 is 5.73 Å². The summed E-state index contributed by atoms with van der Waals surface area (Å²) in [5.74, 6) is -1.81. The molecule has 0 fully saturated rings. The van der Waals surface area contributed by atoms with Crippen LogP contribution >= 0.6 is 0 Å². The number of carbonyl (C=O) groups excluding carboxylic acids is 1. The van der Waals surface area contributed by atoms with E-state index in [2.05, 4.69) is 9.72 Å². The summed E-state index contributed by atoms with van der Waals surface area (Å²) in [5.41, 5.74) is 3.95. The highest BCUT2D eigenvalue weighted by atomic mass is 19.3. The van der Waals surface area contributed by atoms with Gasteiger partial charge in [-0.15, -0.1) is 0 Å². The van der Waals surface area contributed by atoms with Crippen molar-refractivity contribution in [1.82, 2.24) is 4.98 Å². The topological polar surface area (TPSA) is 65.2 Å². The molecule has 1 rings (SSSR count). The minimum absolute atomic E-state index is 0.151. The molecule has 7 heteroatoms. The molecular weight excluding hydrogens is 237 g/mol. The largest absolute Gasteiger partial charge is 0.466 e. The zero-order chi connectivity index (χ0) is 13.0. The smallest absolute Gasteiger partial charge is 0.310 e. The Balaban J connectivity index is 2.95. The number of hydrogen-bond donors (Lipinski definition) is 1. The maximum atomic E-state index is 13.3. The quantitative estimate of drug-likeness (QED) is 0.652. The summed E-state index contributed by atoms with van der Waals surface area (Å²) >= 11 is 0. The van der Waals surface area contributed by atoms with E-state index in [0.29, 0.717) is 0 Å². The van der Waals surface area contributed by atoms with Gasteiger partial charge in [0.25, 0.3) is 6.43 Å². The number of pyridine rings is 1. The second-order valence-corrected chi connectivity index (χ2v) is 3.20. The second-order valence-electron chi connectivity index (χ2n) is 3.20. The third-order valence-electron chi connectivity index (χ3n) is 1.96. The van der Waals surface area contributed by atoms with E-state index in [9.17, 15) is 18.0 Å². The van der Waals surface area contributed by atoms with Gasteiger partial charge in [-0.2, -0.15) is 4.39 Å². The molecule has 0 aliphatic rings. The number of nitrogens with two attached hydrogens (primary N) is 1. The Hall–Kier alpha value is -1.79. The first kappa shape index (κ1) is 13.3. The van der Waals surface area contributed by atoms with Crippen LogP contribution in [0.1, 0.15) is 24.6 Å². The summed E-state index contributed by atoms with van der Waals surface area (Å²) in [6, 6.07) is 0.973. The standard InChI is InChI=1S/C10H11F3N2O2/c1-2-17-7(16)4-5-3-6(14)8(9(11)12)15-10(5)13/h3,9H,2,4,14H2,1H3. The van der Waals surface area contributed by atoms with Crippen molar-refractivity contribution in [3.63, 3.8) is 0 Å². The van der Waals surface area contributed by atoms with Crippen LogP contribution in [0.25, 0.3) is 0 Å². The number of carbonyl (C=O) groups is 1. The Morgan fingerprint density at radius 1 is 1.59 bits per heavy atom. The van der Waals surface area contributed by atoms with Crippen LogP contribution in [0.4, 0.5) is 18.9 Å². The molecular formula is C10H11F3N2O2. The number of esters is 1. The fourth-order valence-corrected chi connectivity index (χ4v) is 1.23. The predicted octanol–water partition coefficient (Wildman–Crippen LogP) is 1.85. The molecule has 0 spiro atoms. The highest BCUT2D eigenvalue weighted by Gasteiger charge is 2.18. The molecule has 0 atom stereocenters. The van der Waals surface area contributed by atoms with Gasteiger partial charge in [-0.25, -0.2) is 13.8 Å². The lowest BCUT2D eigenvalue weighted by Crippen LogP contribution is -2.11. The highest BCUT2D eigenvalue weighted by molar-refractivity contribution is 5.73. The number of alkyl halides is 2. The molecule has 17 heavy (non-hydrogen) atoms. The van der Waals surface area contributed by atoms with E-state index in [1.54, 1.807) is 6.92 Å². The first-order chi connectivity index (χ1) is 7.95.